The molecule has 1 aliphatic carbocycles. The minimum Gasteiger partial charge on any atom is -0.389 e. The van der Waals surface area contributed by atoms with Crippen molar-refractivity contribution in [3.8, 4) is 12.3 Å². The molecule has 2 nitrogen and oxygen atoms in total. The van der Waals surface area contributed by atoms with Crippen LogP contribution in [0.15, 0.2) is 12.2 Å². The van der Waals surface area contributed by atoms with Gasteiger partial charge in [-0.15, -0.1) is 6.42 Å². The van der Waals surface area contributed by atoms with Crippen LogP contribution in [0.2, 0.25) is 0 Å². The van der Waals surface area contributed by atoms with E-state index in [1.165, 1.54) is 6.08 Å². The lowest BCUT2D eigenvalue weighted by Gasteiger charge is -2.27. The molecule has 2 N–H and O–H groups in total. The van der Waals surface area contributed by atoms with Crippen molar-refractivity contribution >= 4 is 0 Å². The van der Waals surface area contributed by atoms with Crippen molar-refractivity contribution in [2.45, 2.75) is 24.5 Å². The van der Waals surface area contributed by atoms with Gasteiger partial charge in [-0.25, -0.2) is 0 Å². The van der Waals surface area contributed by atoms with Crippen molar-refractivity contribution in [1.82, 2.24) is 0 Å². The van der Waals surface area contributed by atoms with E-state index in [1.54, 1.807) is 6.08 Å². The molecule has 0 aromatic carbocycles. The average molecular weight is 138 g/mol. The second-order valence-corrected chi connectivity index (χ2v) is 2.47. The molecular weight excluding hydrogens is 128 g/mol. The minimum atomic E-state index is -1.42. The lowest BCUT2D eigenvalue weighted by Crippen LogP contribution is -2.40. The summed E-state index contributed by atoms with van der Waals surface area (Å²) >= 11 is 0. The summed E-state index contributed by atoms with van der Waals surface area (Å²) in [6, 6.07) is 0. The molecule has 0 spiro atoms. The van der Waals surface area contributed by atoms with Crippen LogP contribution >= 0.6 is 0 Å². The molecule has 0 heterocycles. The van der Waals surface area contributed by atoms with Gasteiger partial charge in [0.1, 0.15) is 0 Å². The van der Waals surface area contributed by atoms with Crippen molar-refractivity contribution in [1.29, 1.82) is 0 Å². The summed E-state index contributed by atoms with van der Waals surface area (Å²) in [6.07, 6.45) is 8.79. The van der Waals surface area contributed by atoms with Crippen LogP contribution < -0.4 is 0 Å². The van der Waals surface area contributed by atoms with E-state index in [-0.39, 0.29) is 0 Å². The van der Waals surface area contributed by atoms with Crippen LogP contribution in [-0.2, 0) is 0 Å². The van der Waals surface area contributed by atoms with Crippen LogP contribution in [0.5, 0.6) is 0 Å². The first-order valence-corrected chi connectivity index (χ1v) is 3.25. The summed E-state index contributed by atoms with van der Waals surface area (Å²) in [5.41, 5.74) is -1.42. The fraction of sp³-hybridized carbons (Fsp3) is 0.500. The molecule has 2 heteroatoms. The van der Waals surface area contributed by atoms with Gasteiger partial charge in [-0.3, -0.25) is 0 Å². The van der Waals surface area contributed by atoms with Gasteiger partial charge in [0, 0.05) is 0 Å². The van der Waals surface area contributed by atoms with Crippen molar-refractivity contribution < 1.29 is 10.2 Å². The zero-order valence-electron chi connectivity index (χ0n) is 5.62. The Morgan fingerprint density at radius 2 is 2.40 bits per heavy atom. The van der Waals surface area contributed by atoms with Gasteiger partial charge in [-0.05, 0) is 18.9 Å². The Hall–Kier alpha value is -0.780. The number of aliphatic hydroxyl groups excluding tert-OH is 1. The standard InChI is InChI=1S/C8H10O2/c1-2-8(10)6-4-3-5-7(8)9/h1,4,6-7,9-10H,3,5H2. The van der Waals surface area contributed by atoms with Gasteiger partial charge in [0.15, 0.2) is 5.60 Å². The number of aliphatic hydroxyl groups is 2. The fourth-order valence-electron chi connectivity index (χ4n) is 0.993. The Morgan fingerprint density at radius 3 is 2.80 bits per heavy atom. The van der Waals surface area contributed by atoms with Crippen LogP contribution in [0.1, 0.15) is 12.8 Å². The van der Waals surface area contributed by atoms with Gasteiger partial charge in [0.2, 0.25) is 0 Å². The van der Waals surface area contributed by atoms with Gasteiger partial charge in [0.25, 0.3) is 0 Å². The Morgan fingerprint density at radius 1 is 1.70 bits per heavy atom. The second kappa shape index (κ2) is 2.45. The van der Waals surface area contributed by atoms with E-state index in [0.29, 0.717) is 6.42 Å². The maximum atomic E-state index is 9.38. The Balaban J connectivity index is 2.84. The zero-order chi connectivity index (χ0) is 7.61. The van der Waals surface area contributed by atoms with Crippen molar-refractivity contribution in [3.63, 3.8) is 0 Å². The molecule has 0 aromatic rings. The van der Waals surface area contributed by atoms with E-state index < -0.39 is 11.7 Å². The third-order valence-corrected chi connectivity index (χ3v) is 1.72. The van der Waals surface area contributed by atoms with Crippen molar-refractivity contribution in [3.05, 3.63) is 12.2 Å². The summed E-state index contributed by atoms with van der Waals surface area (Å²) in [5.74, 6) is 2.15. The van der Waals surface area contributed by atoms with Crippen molar-refractivity contribution in [2.75, 3.05) is 0 Å². The van der Waals surface area contributed by atoms with Crippen LogP contribution in [-0.4, -0.2) is 21.9 Å². The number of terminal acetylenes is 1. The smallest absolute Gasteiger partial charge is 0.169 e. The van der Waals surface area contributed by atoms with Gasteiger partial charge in [-0.1, -0.05) is 12.0 Å². The molecule has 0 saturated heterocycles. The highest BCUT2D eigenvalue weighted by atomic mass is 16.3. The Kier molecular flexibility index (Phi) is 1.80. The monoisotopic (exact) mass is 138 g/mol. The maximum Gasteiger partial charge on any atom is 0.169 e. The molecule has 10 heavy (non-hydrogen) atoms. The SMILES string of the molecule is C#CC1(O)C=CCCC1O. The first kappa shape index (κ1) is 7.33. The van der Waals surface area contributed by atoms with Gasteiger partial charge >= 0.3 is 0 Å². The summed E-state index contributed by atoms with van der Waals surface area (Å²) in [4.78, 5) is 0. The number of hydrogen-bond acceptors (Lipinski definition) is 2. The molecule has 2 atom stereocenters. The third-order valence-electron chi connectivity index (χ3n) is 1.72. The largest absolute Gasteiger partial charge is 0.389 e. The Labute approximate surface area is 60.2 Å². The quantitative estimate of drug-likeness (QED) is 0.367. The molecule has 0 fully saturated rings. The fourth-order valence-corrected chi connectivity index (χ4v) is 0.993. The summed E-state index contributed by atoms with van der Waals surface area (Å²) in [5, 5.41) is 18.6. The molecule has 54 valence electrons. The molecular formula is C8H10O2. The Bertz CT molecular complexity index is 190. The highest BCUT2D eigenvalue weighted by Crippen LogP contribution is 2.21. The predicted molar refractivity (Wildman–Crippen MR) is 38.2 cm³/mol. The minimum absolute atomic E-state index is 0.539. The molecule has 0 radical (unpaired) electrons. The van der Waals surface area contributed by atoms with E-state index in [0.717, 1.165) is 6.42 Å². The van der Waals surface area contributed by atoms with Crippen LogP contribution in [0.3, 0.4) is 0 Å². The summed E-state index contributed by atoms with van der Waals surface area (Å²) in [6.45, 7) is 0. The number of hydrogen-bond donors (Lipinski definition) is 2. The molecule has 0 bridgehead atoms. The van der Waals surface area contributed by atoms with E-state index in [2.05, 4.69) is 5.92 Å². The van der Waals surface area contributed by atoms with Crippen molar-refractivity contribution in [2.24, 2.45) is 0 Å². The molecule has 0 amide bonds. The van der Waals surface area contributed by atoms with Gasteiger partial charge in [-0.2, -0.15) is 0 Å². The normalized spacial score (nSPS) is 39.1. The summed E-state index contributed by atoms with van der Waals surface area (Å²) < 4.78 is 0. The molecule has 1 aliphatic rings. The second-order valence-electron chi connectivity index (χ2n) is 2.47. The maximum absolute atomic E-state index is 9.38. The summed E-state index contributed by atoms with van der Waals surface area (Å²) in [7, 11) is 0. The van der Waals surface area contributed by atoms with Gasteiger partial charge < -0.3 is 10.2 Å². The molecule has 1 rings (SSSR count). The first-order chi connectivity index (χ1) is 4.69. The molecule has 0 aromatic heterocycles. The molecule has 2 unspecified atom stereocenters. The van der Waals surface area contributed by atoms with Gasteiger partial charge in [0.05, 0.1) is 6.10 Å². The predicted octanol–water partition coefficient (Wildman–Crippen LogP) is 0.0616. The van der Waals surface area contributed by atoms with E-state index >= 15 is 0 Å². The zero-order valence-corrected chi connectivity index (χ0v) is 5.62. The van der Waals surface area contributed by atoms with E-state index in [4.69, 9.17) is 6.42 Å². The third kappa shape index (κ3) is 1.06. The van der Waals surface area contributed by atoms with Crippen LogP contribution in [0.4, 0.5) is 0 Å². The highest BCUT2D eigenvalue weighted by Gasteiger charge is 2.31. The first-order valence-electron chi connectivity index (χ1n) is 3.25. The van der Waals surface area contributed by atoms with Crippen LogP contribution in [0.25, 0.3) is 0 Å². The highest BCUT2D eigenvalue weighted by molar-refractivity contribution is 5.24. The number of allylic oxidation sites excluding steroid dienone is 1. The number of rotatable bonds is 0. The lowest BCUT2D eigenvalue weighted by atomic mass is 9.89. The van der Waals surface area contributed by atoms with E-state index in [9.17, 15) is 10.2 Å². The lowest BCUT2D eigenvalue weighted by molar-refractivity contribution is -0.00720. The van der Waals surface area contributed by atoms with E-state index in [1.807, 2.05) is 0 Å². The molecule has 0 saturated carbocycles. The molecule has 0 aliphatic heterocycles. The average Bonchev–Trinajstić information content (AvgIpc) is 1.96. The van der Waals surface area contributed by atoms with Crippen LogP contribution in [0, 0.1) is 12.3 Å². The topological polar surface area (TPSA) is 40.5 Å².